The molecule has 1 aromatic carbocycles. The molecule has 3 N–H and O–H groups in total. The Morgan fingerprint density at radius 2 is 2.21 bits per heavy atom. The van der Waals surface area contributed by atoms with Crippen LogP contribution in [0.4, 0.5) is 5.69 Å². The molecule has 0 radical (unpaired) electrons. The van der Waals surface area contributed by atoms with E-state index in [4.69, 9.17) is 5.73 Å². The van der Waals surface area contributed by atoms with Gasteiger partial charge in [0, 0.05) is 12.6 Å². The highest BCUT2D eigenvalue weighted by Crippen LogP contribution is 2.29. The van der Waals surface area contributed by atoms with Crippen molar-refractivity contribution in [3.63, 3.8) is 0 Å². The Labute approximate surface area is 112 Å². The summed E-state index contributed by atoms with van der Waals surface area (Å²) >= 11 is 0. The van der Waals surface area contributed by atoms with Crippen molar-refractivity contribution in [1.29, 1.82) is 0 Å². The summed E-state index contributed by atoms with van der Waals surface area (Å²) in [7, 11) is 0. The average Bonchev–Trinajstić information content (AvgIpc) is 2.70. The van der Waals surface area contributed by atoms with Gasteiger partial charge in [-0.05, 0) is 17.2 Å². The first kappa shape index (κ1) is 13.7. The number of benzene rings is 1. The second kappa shape index (κ2) is 5.50. The van der Waals surface area contributed by atoms with E-state index in [-0.39, 0.29) is 30.8 Å². The lowest BCUT2D eigenvalue weighted by molar-refractivity contribution is -0.125. The highest BCUT2D eigenvalue weighted by atomic mass is 16.2. The number of amides is 2. The van der Waals surface area contributed by atoms with Crippen LogP contribution in [0, 0.1) is 0 Å². The molecule has 0 unspecified atom stereocenters. The van der Waals surface area contributed by atoms with Gasteiger partial charge in [0.1, 0.15) is 0 Å². The van der Waals surface area contributed by atoms with Crippen LogP contribution < -0.4 is 16.0 Å². The van der Waals surface area contributed by atoms with E-state index in [1.807, 2.05) is 26.0 Å². The van der Waals surface area contributed by atoms with Gasteiger partial charge in [0.25, 0.3) is 0 Å². The van der Waals surface area contributed by atoms with Gasteiger partial charge in [0.15, 0.2) is 0 Å². The van der Waals surface area contributed by atoms with Crippen molar-refractivity contribution in [2.24, 2.45) is 5.73 Å². The van der Waals surface area contributed by atoms with Crippen LogP contribution in [-0.4, -0.2) is 24.4 Å². The number of carbonyl (C=O) groups is 2. The molecule has 0 saturated carbocycles. The van der Waals surface area contributed by atoms with Gasteiger partial charge in [0.05, 0.1) is 18.7 Å². The maximum Gasteiger partial charge on any atom is 0.247 e. The molecule has 19 heavy (non-hydrogen) atoms. The maximum atomic E-state index is 12.1. The predicted octanol–water partition coefficient (Wildman–Crippen LogP) is 0.559. The normalized spacial score (nSPS) is 14.1. The fourth-order valence-electron chi connectivity index (χ4n) is 2.15. The molecule has 1 aliphatic heterocycles. The number of nitrogens with two attached hydrogens (primary N) is 1. The summed E-state index contributed by atoms with van der Waals surface area (Å²) in [6.07, 6.45) is 0.274. The average molecular weight is 261 g/mol. The van der Waals surface area contributed by atoms with Gasteiger partial charge < -0.3 is 11.1 Å². The van der Waals surface area contributed by atoms with Crippen molar-refractivity contribution in [2.45, 2.75) is 32.9 Å². The second-order valence-electron chi connectivity index (χ2n) is 5.00. The third kappa shape index (κ3) is 2.83. The van der Waals surface area contributed by atoms with Crippen LogP contribution >= 0.6 is 0 Å². The summed E-state index contributed by atoms with van der Waals surface area (Å²) < 4.78 is 0. The molecule has 0 bridgehead atoms. The molecular formula is C14H19N3O2. The van der Waals surface area contributed by atoms with E-state index >= 15 is 0 Å². The van der Waals surface area contributed by atoms with Gasteiger partial charge in [-0.3, -0.25) is 9.59 Å². The maximum absolute atomic E-state index is 12.1. The Balaban J connectivity index is 2.20. The number of hydrogen-bond donors (Lipinski definition) is 2. The fourth-order valence-corrected chi connectivity index (χ4v) is 2.15. The van der Waals surface area contributed by atoms with Crippen LogP contribution in [0.3, 0.4) is 0 Å². The molecule has 0 saturated heterocycles. The summed E-state index contributed by atoms with van der Waals surface area (Å²) in [6.45, 7) is 4.52. The zero-order valence-corrected chi connectivity index (χ0v) is 11.3. The van der Waals surface area contributed by atoms with Gasteiger partial charge >= 0.3 is 0 Å². The van der Waals surface area contributed by atoms with Crippen molar-refractivity contribution < 1.29 is 9.59 Å². The van der Waals surface area contributed by atoms with Gasteiger partial charge in [-0.15, -0.1) is 0 Å². The summed E-state index contributed by atoms with van der Waals surface area (Å²) in [5.41, 5.74) is 8.12. The summed E-state index contributed by atoms with van der Waals surface area (Å²) in [6, 6.07) is 5.76. The van der Waals surface area contributed by atoms with Crippen molar-refractivity contribution in [3.05, 3.63) is 29.3 Å². The third-order valence-electron chi connectivity index (χ3n) is 3.12. The lowest BCUT2D eigenvalue weighted by Gasteiger charge is -2.17. The number of nitrogens with one attached hydrogen (secondary N) is 1. The topological polar surface area (TPSA) is 75.4 Å². The van der Waals surface area contributed by atoms with E-state index in [0.29, 0.717) is 12.2 Å². The van der Waals surface area contributed by atoms with Crippen LogP contribution in [0.1, 0.15) is 25.0 Å². The van der Waals surface area contributed by atoms with Crippen LogP contribution in [0.25, 0.3) is 0 Å². The molecule has 2 rings (SSSR count). The zero-order chi connectivity index (χ0) is 14.0. The number of imide groups is 1. The van der Waals surface area contributed by atoms with E-state index in [1.54, 1.807) is 6.07 Å². The highest BCUT2D eigenvalue weighted by molar-refractivity contribution is 6.19. The molecule has 1 aliphatic rings. The SMILES string of the molecule is CC(C)NCC(=O)N1C(=O)Cc2cc(CN)ccc21. The molecule has 0 aliphatic carbocycles. The standard InChI is InChI=1S/C14H19N3O2/c1-9(2)16-8-14(19)17-12-4-3-10(7-15)5-11(12)6-13(17)18/h3-5,9,16H,6-8,15H2,1-2H3. The minimum Gasteiger partial charge on any atom is -0.326 e. The molecular weight excluding hydrogens is 242 g/mol. The Bertz CT molecular complexity index is 511. The van der Waals surface area contributed by atoms with Gasteiger partial charge in [-0.1, -0.05) is 26.0 Å². The van der Waals surface area contributed by atoms with Crippen LogP contribution in [0.2, 0.25) is 0 Å². The minimum atomic E-state index is -0.210. The Kier molecular flexibility index (Phi) is 3.97. The van der Waals surface area contributed by atoms with E-state index in [9.17, 15) is 9.59 Å². The molecule has 102 valence electrons. The van der Waals surface area contributed by atoms with Crippen molar-refractivity contribution in [1.82, 2.24) is 5.32 Å². The van der Waals surface area contributed by atoms with E-state index in [1.165, 1.54) is 4.90 Å². The molecule has 0 aromatic heterocycles. The smallest absolute Gasteiger partial charge is 0.247 e. The number of carbonyl (C=O) groups excluding carboxylic acids is 2. The van der Waals surface area contributed by atoms with Gasteiger partial charge in [-0.2, -0.15) is 0 Å². The van der Waals surface area contributed by atoms with Crippen molar-refractivity contribution in [3.8, 4) is 0 Å². The molecule has 5 nitrogen and oxygen atoms in total. The van der Waals surface area contributed by atoms with Gasteiger partial charge in [0.2, 0.25) is 11.8 Å². The zero-order valence-electron chi connectivity index (χ0n) is 11.3. The molecule has 0 spiro atoms. The predicted molar refractivity (Wildman–Crippen MR) is 73.7 cm³/mol. The van der Waals surface area contributed by atoms with E-state index < -0.39 is 0 Å². The highest BCUT2D eigenvalue weighted by Gasteiger charge is 2.31. The Hall–Kier alpha value is -1.72. The first-order valence-electron chi connectivity index (χ1n) is 6.44. The lowest BCUT2D eigenvalue weighted by atomic mass is 10.1. The molecule has 2 amide bonds. The first-order chi connectivity index (χ1) is 9.02. The second-order valence-corrected chi connectivity index (χ2v) is 5.00. The fraction of sp³-hybridized carbons (Fsp3) is 0.429. The quantitative estimate of drug-likeness (QED) is 0.830. The van der Waals surface area contributed by atoms with Crippen molar-refractivity contribution in [2.75, 3.05) is 11.4 Å². The largest absolute Gasteiger partial charge is 0.326 e. The summed E-state index contributed by atoms with van der Waals surface area (Å²) in [5.74, 6) is -0.377. The third-order valence-corrected chi connectivity index (χ3v) is 3.12. The Morgan fingerprint density at radius 1 is 1.47 bits per heavy atom. The van der Waals surface area contributed by atoms with Gasteiger partial charge in [-0.25, -0.2) is 4.90 Å². The van der Waals surface area contributed by atoms with E-state index in [0.717, 1.165) is 11.1 Å². The number of fused-ring (bicyclic) bond motifs is 1. The number of rotatable bonds is 4. The molecule has 0 fully saturated rings. The van der Waals surface area contributed by atoms with Crippen LogP contribution in [0.15, 0.2) is 18.2 Å². The molecule has 1 aromatic rings. The monoisotopic (exact) mass is 261 g/mol. The number of anilines is 1. The van der Waals surface area contributed by atoms with E-state index in [2.05, 4.69) is 5.32 Å². The lowest BCUT2D eigenvalue weighted by Crippen LogP contribution is -2.41. The van der Waals surface area contributed by atoms with Crippen molar-refractivity contribution >= 4 is 17.5 Å². The minimum absolute atomic E-state index is 0.167. The van der Waals surface area contributed by atoms with Crippen LogP contribution in [-0.2, 0) is 22.6 Å². The Morgan fingerprint density at radius 3 is 2.84 bits per heavy atom. The molecule has 0 atom stereocenters. The van der Waals surface area contributed by atoms with Crippen LogP contribution in [0.5, 0.6) is 0 Å². The number of hydrogen-bond acceptors (Lipinski definition) is 4. The summed E-state index contributed by atoms with van der Waals surface area (Å²) in [5, 5.41) is 3.03. The number of nitrogens with zero attached hydrogens (tertiary/aromatic N) is 1. The molecule has 5 heteroatoms. The first-order valence-corrected chi connectivity index (χ1v) is 6.44. The molecule has 1 heterocycles. The summed E-state index contributed by atoms with van der Waals surface area (Å²) in [4.78, 5) is 25.3.